The quantitative estimate of drug-likeness (QED) is 0.764. The van der Waals surface area contributed by atoms with Gasteiger partial charge in [-0.05, 0) is 39.0 Å². The molecule has 0 aromatic heterocycles. The standard InChI is InChI=1S/C15H25FN2/c1-4-10-18(11-5-2)12-15(17-3)13-8-6-7-9-14(13)16/h6-9,15,17H,4-5,10-12H2,1-3H3. The molecule has 0 fully saturated rings. The second-order valence-corrected chi connectivity index (χ2v) is 4.66. The highest BCUT2D eigenvalue weighted by atomic mass is 19.1. The van der Waals surface area contributed by atoms with E-state index in [4.69, 9.17) is 0 Å². The number of halogens is 1. The van der Waals surface area contributed by atoms with Gasteiger partial charge < -0.3 is 10.2 Å². The second kappa shape index (κ2) is 8.22. The predicted octanol–water partition coefficient (Wildman–Crippen LogP) is 3.21. The van der Waals surface area contributed by atoms with Gasteiger partial charge in [0, 0.05) is 18.2 Å². The van der Waals surface area contributed by atoms with Crippen LogP contribution in [-0.2, 0) is 0 Å². The summed E-state index contributed by atoms with van der Waals surface area (Å²) in [5.41, 5.74) is 0.761. The van der Waals surface area contributed by atoms with Gasteiger partial charge in [-0.15, -0.1) is 0 Å². The molecule has 0 amide bonds. The Bertz CT molecular complexity index is 335. The van der Waals surface area contributed by atoms with E-state index >= 15 is 0 Å². The average Bonchev–Trinajstić information content (AvgIpc) is 2.37. The molecule has 1 atom stereocenters. The molecule has 1 aromatic rings. The average molecular weight is 252 g/mol. The molecule has 0 aliphatic rings. The van der Waals surface area contributed by atoms with Crippen LogP contribution in [0.1, 0.15) is 38.3 Å². The predicted molar refractivity (Wildman–Crippen MR) is 75.2 cm³/mol. The van der Waals surface area contributed by atoms with Gasteiger partial charge in [-0.1, -0.05) is 32.0 Å². The van der Waals surface area contributed by atoms with Crippen molar-refractivity contribution in [3.05, 3.63) is 35.6 Å². The van der Waals surface area contributed by atoms with E-state index in [0.717, 1.165) is 38.0 Å². The summed E-state index contributed by atoms with van der Waals surface area (Å²) in [6.07, 6.45) is 2.27. The Labute approximate surface area is 110 Å². The first-order valence-corrected chi connectivity index (χ1v) is 6.86. The fraction of sp³-hybridized carbons (Fsp3) is 0.600. The maximum atomic E-state index is 13.8. The summed E-state index contributed by atoms with van der Waals surface area (Å²) in [5.74, 6) is -0.121. The third kappa shape index (κ3) is 4.39. The largest absolute Gasteiger partial charge is 0.312 e. The maximum Gasteiger partial charge on any atom is 0.128 e. The van der Waals surface area contributed by atoms with Crippen LogP contribution in [0.4, 0.5) is 4.39 Å². The van der Waals surface area contributed by atoms with Gasteiger partial charge in [-0.3, -0.25) is 0 Å². The Morgan fingerprint density at radius 1 is 1.17 bits per heavy atom. The van der Waals surface area contributed by atoms with E-state index in [1.54, 1.807) is 6.07 Å². The SMILES string of the molecule is CCCN(CCC)CC(NC)c1ccccc1F. The lowest BCUT2D eigenvalue weighted by molar-refractivity contribution is 0.245. The molecule has 102 valence electrons. The molecule has 0 saturated carbocycles. The van der Waals surface area contributed by atoms with Gasteiger partial charge in [0.15, 0.2) is 0 Å². The molecule has 0 aliphatic heterocycles. The lowest BCUT2D eigenvalue weighted by Crippen LogP contribution is -2.35. The number of nitrogens with one attached hydrogen (secondary N) is 1. The number of hydrogen-bond donors (Lipinski definition) is 1. The number of hydrogen-bond acceptors (Lipinski definition) is 2. The molecule has 1 unspecified atom stereocenters. The first kappa shape index (κ1) is 15.1. The van der Waals surface area contributed by atoms with Crippen molar-refractivity contribution in [1.82, 2.24) is 10.2 Å². The Morgan fingerprint density at radius 3 is 2.28 bits per heavy atom. The van der Waals surface area contributed by atoms with E-state index in [1.165, 1.54) is 6.07 Å². The monoisotopic (exact) mass is 252 g/mol. The molecule has 1 rings (SSSR count). The van der Waals surface area contributed by atoms with Crippen molar-refractivity contribution in [2.75, 3.05) is 26.7 Å². The molecule has 2 nitrogen and oxygen atoms in total. The second-order valence-electron chi connectivity index (χ2n) is 4.66. The van der Waals surface area contributed by atoms with Crippen LogP contribution >= 0.6 is 0 Å². The van der Waals surface area contributed by atoms with Crippen LogP contribution in [0.3, 0.4) is 0 Å². The zero-order valence-electron chi connectivity index (χ0n) is 11.7. The van der Waals surface area contributed by atoms with Crippen molar-refractivity contribution in [2.24, 2.45) is 0 Å². The molecule has 0 bridgehead atoms. The van der Waals surface area contributed by atoms with Crippen LogP contribution in [0.5, 0.6) is 0 Å². The summed E-state index contributed by atoms with van der Waals surface area (Å²) in [7, 11) is 1.90. The van der Waals surface area contributed by atoms with Gasteiger partial charge in [0.25, 0.3) is 0 Å². The molecule has 1 aromatic carbocycles. The van der Waals surface area contributed by atoms with Crippen molar-refractivity contribution in [2.45, 2.75) is 32.7 Å². The van der Waals surface area contributed by atoms with Gasteiger partial charge in [0.2, 0.25) is 0 Å². The van der Waals surface area contributed by atoms with Crippen LogP contribution in [-0.4, -0.2) is 31.6 Å². The molecule has 0 heterocycles. The molecule has 0 spiro atoms. The van der Waals surface area contributed by atoms with E-state index in [1.807, 2.05) is 19.2 Å². The number of nitrogens with zero attached hydrogens (tertiary/aromatic N) is 1. The van der Waals surface area contributed by atoms with Gasteiger partial charge in [-0.2, -0.15) is 0 Å². The van der Waals surface area contributed by atoms with E-state index in [9.17, 15) is 4.39 Å². The number of benzene rings is 1. The van der Waals surface area contributed by atoms with Gasteiger partial charge in [0.05, 0.1) is 0 Å². The Morgan fingerprint density at radius 2 is 1.78 bits per heavy atom. The fourth-order valence-corrected chi connectivity index (χ4v) is 2.29. The minimum Gasteiger partial charge on any atom is -0.312 e. The molecule has 18 heavy (non-hydrogen) atoms. The smallest absolute Gasteiger partial charge is 0.128 e. The molecular formula is C15H25FN2. The zero-order valence-corrected chi connectivity index (χ0v) is 11.7. The summed E-state index contributed by atoms with van der Waals surface area (Å²) in [6.45, 7) is 7.36. The minimum absolute atomic E-state index is 0.0595. The highest BCUT2D eigenvalue weighted by Crippen LogP contribution is 2.18. The third-order valence-electron chi connectivity index (χ3n) is 3.15. The molecule has 0 aliphatic carbocycles. The molecule has 1 N–H and O–H groups in total. The normalized spacial score (nSPS) is 12.9. The summed E-state index contributed by atoms with van der Waals surface area (Å²) < 4.78 is 13.8. The van der Waals surface area contributed by atoms with E-state index < -0.39 is 0 Å². The first-order valence-electron chi connectivity index (χ1n) is 6.86. The van der Waals surface area contributed by atoms with Crippen molar-refractivity contribution in [1.29, 1.82) is 0 Å². The number of rotatable bonds is 8. The summed E-state index contributed by atoms with van der Waals surface area (Å²) >= 11 is 0. The Balaban J connectivity index is 2.73. The van der Waals surface area contributed by atoms with E-state index in [0.29, 0.717) is 0 Å². The molecule has 0 saturated heterocycles. The van der Waals surface area contributed by atoms with Crippen LogP contribution in [0.25, 0.3) is 0 Å². The maximum absolute atomic E-state index is 13.8. The first-order chi connectivity index (χ1) is 8.72. The summed E-state index contributed by atoms with van der Waals surface area (Å²) in [4.78, 5) is 2.40. The van der Waals surface area contributed by atoms with Gasteiger partial charge in [0.1, 0.15) is 5.82 Å². The highest BCUT2D eigenvalue weighted by Gasteiger charge is 2.16. The van der Waals surface area contributed by atoms with E-state index in [-0.39, 0.29) is 11.9 Å². The van der Waals surface area contributed by atoms with Crippen molar-refractivity contribution in [3.8, 4) is 0 Å². The van der Waals surface area contributed by atoms with Crippen LogP contribution in [0.15, 0.2) is 24.3 Å². The summed E-state index contributed by atoms with van der Waals surface area (Å²) in [6, 6.07) is 7.09. The Hall–Kier alpha value is -0.930. The third-order valence-corrected chi connectivity index (χ3v) is 3.15. The van der Waals surface area contributed by atoms with Crippen molar-refractivity contribution >= 4 is 0 Å². The lowest BCUT2D eigenvalue weighted by Gasteiger charge is -2.27. The fourth-order valence-electron chi connectivity index (χ4n) is 2.29. The van der Waals surface area contributed by atoms with Crippen molar-refractivity contribution < 1.29 is 4.39 Å². The Kier molecular flexibility index (Phi) is 6.91. The summed E-state index contributed by atoms with van der Waals surface area (Å²) in [5, 5.41) is 3.22. The molecule has 0 radical (unpaired) electrons. The van der Waals surface area contributed by atoms with Crippen LogP contribution in [0.2, 0.25) is 0 Å². The van der Waals surface area contributed by atoms with Crippen molar-refractivity contribution in [3.63, 3.8) is 0 Å². The van der Waals surface area contributed by atoms with Gasteiger partial charge >= 0.3 is 0 Å². The topological polar surface area (TPSA) is 15.3 Å². The van der Waals surface area contributed by atoms with Crippen LogP contribution in [0, 0.1) is 5.82 Å². The minimum atomic E-state index is -0.121. The highest BCUT2D eigenvalue weighted by molar-refractivity contribution is 5.21. The van der Waals surface area contributed by atoms with Gasteiger partial charge in [-0.25, -0.2) is 4.39 Å². The lowest BCUT2D eigenvalue weighted by atomic mass is 10.1. The van der Waals surface area contributed by atoms with Crippen LogP contribution < -0.4 is 5.32 Å². The van der Waals surface area contributed by atoms with E-state index in [2.05, 4.69) is 24.1 Å². The zero-order chi connectivity index (χ0) is 13.4. The molecule has 3 heteroatoms. The molecular weight excluding hydrogens is 227 g/mol. The number of likely N-dealkylation sites (N-methyl/N-ethyl adjacent to an activating group) is 1.